The lowest BCUT2D eigenvalue weighted by molar-refractivity contribution is 0.101. The van der Waals surface area contributed by atoms with Gasteiger partial charge in [0.25, 0.3) is 0 Å². The summed E-state index contributed by atoms with van der Waals surface area (Å²) in [6.45, 7) is 5.60. The zero-order chi connectivity index (χ0) is 17.3. The summed E-state index contributed by atoms with van der Waals surface area (Å²) >= 11 is 0. The Labute approximate surface area is 142 Å². The van der Waals surface area contributed by atoms with E-state index in [1.807, 2.05) is 37.8 Å². The topological polar surface area (TPSA) is 47.8 Å². The van der Waals surface area contributed by atoms with Crippen LogP contribution in [0.3, 0.4) is 0 Å². The van der Waals surface area contributed by atoms with Gasteiger partial charge in [-0.3, -0.25) is 14.5 Å². The molecule has 24 heavy (non-hydrogen) atoms. The molecule has 4 nitrogen and oxygen atoms in total. The number of hydrogen-bond acceptors (Lipinski definition) is 3. The molecule has 0 aliphatic heterocycles. The minimum Gasteiger partial charge on any atom is -0.293 e. The summed E-state index contributed by atoms with van der Waals surface area (Å²) in [5.74, 6) is -0.00125. The third-order valence-electron chi connectivity index (χ3n) is 4.25. The molecule has 0 radical (unpaired) electrons. The number of benzene rings is 1. The first kappa shape index (κ1) is 16.1. The van der Waals surface area contributed by atoms with Gasteiger partial charge in [0.05, 0.1) is 5.69 Å². The van der Waals surface area contributed by atoms with Gasteiger partial charge in [-0.05, 0) is 48.6 Å². The first-order chi connectivity index (χ1) is 11.4. The number of rotatable bonds is 4. The minimum atomic E-state index is -0.00125. The summed E-state index contributed by atoms with van der Waals surface area (Å²) in [5, 5.41) is 4.39. The molecule has 1 aromatic carbocycles. The van der Waals surface area contributed by atoms with Crippen LogP contribution in [0.15, 0.2) is 42.7 Å². The summed E-state index contributed by atoms with van der Waals surface area (Å²) in [4.78, 5) is 15.7. The zero-order valence-corrected chi connectivity index (χ0v) is 14.5. The number of pyridine rings is 1. The first-order valence-electron chi connectivity index (χ1n) is 8.00. The Bertz CT molecular complexity index is 892. The van der Waals surface area contributed by atoms with E-state index in [4.69, 9.17) is 0 Å². The number of carbonyl (C=O) groups excluding carboxylic acids is 1. The van der Waals surface area contributed by atoms with Crippen LogP contribution in [0.5, 0.6) is 0 Å². The van der Waals surface area contributed by atoms with Crippen LogP contribution < -0.4 is 0 Å². The summed E-state index contributed by atoms with van der Waals surface area (Å²) in [6, 6.07) is 10.4. The molecule has 0 unspecified atom stereocenters. The Morgan fingerprint density at radius 2 is 1.88 bits per heavy atom. The number of nitrogens with zero attached hydrogens (tertiary/aromatic N) is 3. The fourth-order valence-electron chi connectivity index (χ4n) is 2.85. The van der Waals surface area contributed by atoms with Crippen molar-refractivity contribution in [2.24, 2.45) is 7.05 Å². The maximum Gasteiger partial charge on any atom is 0.178 e. The maximum absolute atomic E-state index is 11.5. The van der Waals surface area contributed by atoms with Crippen LogP contribution in [0.2, 0.25) is 0 Å². The van der Waals surface area contributed by atoms with E-state index < -0.39 is 0 Å². The van der Waals surface area contributed by atoms with Crippen LogP contribution in [-0.2, 0) is 13.5 Å². The molecule has 4 heteroatoms. The molecule has 2 heterocycles. The lowest BCUT2D eigenvalue weighted by Gasteiger charge is -2.08. The van der Waals surface area contributed by atoms with Crippen LogP contribution in [0.25, 0.3) is 11.1 Å². The van der Waals surface area contributed by atoms with Crippen molar-refractivity contribution in [3.05, 3.63) is 70.8 Å². The molecule has 2 aromatic heterocycles. The molecule has 0 aliphatic rings. The molecule has 3 rings (SSSR count). The fourth-order valence-corrected chi connectivity index (χ4v) is 2.85. The van der Waals surface area contributed by atoms with Crippen molar-refractivity contribution in [2.45, 2.75) is 27.2 Å². The molecule has 0 spiro atoms. The van der Waals surface area contributed by atoms with Gasteiger partial charge in [-0.1, -0.05) is 24.3 Å². The highest BCUT2D eigenvalue weighted by molar-refractivity contribution is 5.92. The Morgan fingerprint density at radius 1 is 1.17 bits per heavy atom. The average Bonchev–Trinajstić information content (AvgIpc) is 2.88. The van der Waals surface area contributed by atoms with E-state index in [-0.39, 0.29) is 5.78 Å². The number of aryl methyl sites for hydroxylation is 3. The van der Waals surface area contributed by atoms with Crippen molar-refractivity contribution >= 4 is 5.78 Å². The molecule has 0 aliphatic carbocycles. The van der Waals surface area contributed by atoms with Crippen molar-refractivity contribution in [2.75, 3.05) is 0 Å². The minimum absolute atomic E-state index is 0.00125. The molecule has 0 N–H and O–H groups in total. The predicted molar refractivity (Wildman–Crippen MR) is 95.2 cm³/mol. The molecule has 0 bridgehead atoms. The largest absolute Gasteiger partial charge is 0.293 e. The summed E-state index contributed by atoms with van der Waals surface area (Å²) in [6.07, 6.45) is 4.61. The Hall–Kier alpha value is -2.75. The SMILES string of the molecule is CC(=O)c1cc(Cc2ccc(-c3cn(C)nc3C)cc2)c(C)cn1. The number of ketones is 1. The number of hydrogen-bond donors (Lipinski definition) is 0. The van der Waals surface area contributed by atoms with E-state index in [2.05, 4.69) is 34.3 Å². The van der Waals surface area contributed by atoms with E-state index in [1.54, 1.807) is 13.1 Å². The van der Waals surface area contributed by atoms with Gasteiger partial charge in [0.1, 0.15) is 5.69 Å². The lowest BCUT2D eigenvalue weighted by atomic mass is 9.98. The van der Waals surface area contributed by atoms with Gasteiger partial charge in [-0.15, -0.1) is 0 Å². The van der Waals surface area contributed by atoms with Crippen LogP contribution in [0.4, 0.5) is 0 Å². The molecular weight excluding hydrogens is 298 g/mol. The van der Waals surface area contributed by atoms with Crippen molar-refractivity contribution in [1.29, 1.82) is 0 Å². The predicted octanol–water partition coefficient (Wildman–Crippen LogP) is 3.89. The monoisotopic (exact) mass is 319 g/mol. The third kappa shape index (κ3) is 3.27. The second kappa shape index (κ2) is 6.40. The number of Topliss-reactive ketones (excluding diaryl/α,β-unsaturated/α-hetero) is 1. The first-order valence-corrected chi connectivity index (χ1v) is 8.00. The van der Waals surface area contributed by atoms with Gasteiger partial charge in [0.2, 0.25) is 0 Å². The fraction of sp³-hybridized carbons (Fsp3) is 0.250. The van der Waals surface area contributed by atoms with Crippen molar-refractivity contribution in [1.82, 2.24) is 14.8 Å². The average molecular weight is 319 g/mol. The molecule has 3 aromatic rings. The Kier molecular flexibility index (Phi) is 4.30. The molecule has 122 valence electrons. The van der Waals surface area contributed by atoms with Gasteiger partial charge >= 0.3 is 0 Å². The van der Waals surface area contributed by atoms with E-state index >= 15 is 0 Å². The van der Waals surface area contributed by atoms with Crippen molar-refractivity contribution < 1.29 is 4.79 Å². The van der Waals surface area contributed by atoms with Gasteiger partial charge in [0.15, 0.2) is 5.78 Å². The molecule has 0 saturated carbocycles. The second-order valence-electron chi connectivity index (χ2n) is 6.23. The normalized spacial score (nSPS) is 10.8. The van der Waals surface area contributed by atoms with E-state index in [0.717, 1.165) is 28.8 Å². The summed E-state index contributed by atoms with van der Waals surface area (Å²) < 4.78 is 1.84. The highest BCUT2D eigenvalue weighted by atomic mass is 16.1. The maximum atomic E-state index is 11.5. The standard InChI is InChI=1S/C20H21N3O/c1-13-11-21-20(15(3)24)10-18(13)9-16-5-7-17(8-6-16)19-12-23(4)22-14(19)2/h5-8,10-12H,9H2,1-4H3. The molecule has 0 atom stereocenters. The highest BCUT2D eigenvalue weighted by Crippen LogP contribution is 2.23. The number of aromatic nitrogens is 3. The van der Waals surface area contributed by atoms with E-state index in [1.165, 1.54) is 11.1 Å². The number of carbonyl (C=O) groups is 1. The van der Waals surface area contributed by atoms with Crippen LogP contribution in [0, 0.1) is 13.8 Å². The molecular formula is C20H21N3O. The highest BCUT2D eigenvalue weighted by Gasteiger charge is 2.08. The third-order valence-corrected chi connectivity index (χ3v) is 4.25. The molecule has 0 saturated heterocycles. The summed E-state index contributed by atoms with van der Waals surface area (Å²) in [5.41, 5.74) is 7.33. The molecule has 0 fully saturated rings. The second-order valence-corrected chi connectivity index (χ2v) is 6.23. The van der Waals surface area contributed by atoms with E-state index in [9.17, 15) is 4.79 Å². The molecule has 0 amide bonds. The quantitative estimate of drug-likeness (QED) is 0.685. The van der Waals surface area contributed by atoms with Gasteiger partial charge in [0, 0.05) is 31.9 Å². The summed E-state index contributed by atoms with van der Waals surface area (Å²) in [7, 11) is 1.93. The van der Waals surface area contributed by atoms with Crippen LogP contribution in [-0.4, -0.2) is 20.5 Å². The van der Waals surface area contributed by atoms with Crippen molar-refractivity contribution in [3.63, 3.8) is 0 Å². The Balaban J connectivity index is 1.86. The smallest absolute Gasteiger partial charge is 0.178 e. The zero-order valence-electron chi connectivity index (χ0n) is 14.5. The van der Waals surface area contributed by atoms with Gasteiger partial charge < -0.3 is 0 Å². The van der Waals surface area contributed by atoms with E-state index in [0.29, 0.717) is 5.69 Å². The van der Waals surface area contributed by atoms with Crippen molar-refractivity contribution in [3.8, 4) is 11.1 Å². The Morgan fingerprint density at radius 3 is 2.46 bits per heavy atom. The van der Waals surface area contributed by atoms with Crippen LogP contribution >= 0.6 is 0 Å². The van der Waals surface area contributed by atoms with Gasteiger partial charge in [-0.2, -0.15) is 5.10 Å². The lowest BCUT2D eigenvalue weighted by Crippen LogP contribution is -2.01. The van der Waals surface area contributed by atoms with Gasteiger partial charge in [-0.25, -0.2) is 0 Å². The van der Waals surface area contributed by atoms with Crippen LogP contribution in [0.1, 0.15) is 39.8 Å².